The van der Waals surface area contributed by atoms with E-state index in [1.165, 1.54) is 11.1 Å². The highest BCUT2D eigenvalue weighted by Crippen LogP contribution is 2.34. The van der Waals surface area contributed by atoms with Crippen LogP contribution in [0, 0.1) is 6.92 Å². The number of aromatic nitrogens is 3. The third-order valence-corrected chi connectivity index (χ3v) is 7.67. The normalized spacial score (nSPS) is 14.3. The number of hydrogen-bond donors (Lipinski definition) is 1. The van der Waals surface area contributed by atoms with Gasteiger partial charge in [0.05, 0.1) is 11.1 Å². The number of carbonyl (C=O) groups is 1. The maximum absolute atomic E-state index is 13.2. The molecule has 1 aliphatic rings. The third kappa shape index (κ3) is 5.99. The Bertz CT molecular complexity index is 1690. The van der Waals surface area contributed by atoms with E-state index in [1.54, 1.807) is 24.5 Å². The minimum Gasteiger partial charge on any atom is -0.456 e. The molecule has 1 N–H and O–H groups in total. The summed E-state index contributed by atoms with van der Waals surface area (Å²) in [5, 5.41) is 3.95. The number of ether oxygens (including phenoxy) is 1. The third-order valence-electron chi connectivity index (χ3n) is 7.67. The van der Waals surface area contributed by atoms with Crippen molar-refractivity contribution in [2.24, 2.45) is 7.05 Å². The number of nitrogens with one attached hydrogen (secondary N) is 1. The summed E-state index contributed by atoms with van der Waals surface area (Å²) in [7, 11) is 4.13. The Kier molecular flexibility index (Phi) is 7.50. The standard InChI is InChI=1S/C33H34N6O2/c1-23-18-27(10-9-26(23)22-39-16-14-37(2)15-17-39)35-33(40)24-6-4-8-28(19-24)41-31-20-30(25-7-5-12-34-21-25)36-32-29(31)11-13-38(32)3/h4-13,18-21H,14-17,22H2,1-3H3,(H,35,40). The van der Waals surface area contributed by atoms with Crippen molar-refractivity contribution in [3.63, 3.8) is 0 Å². The van der Waals surface area contributed by atoms with Crippen molar-refractivity contribution in [1.29, 1.82) is 0 Å². The van der Waals surface area contributed by atoms with Crippen LogP contribution in [0.25, 0.3) is 22.3 Å². The van der Waals surface area contributed by atoms with E-state index in [1.807, 2.05) is 66.3 Å². The van der Waals surface area contributed by atoms with E-state index in [4.69, 9.17) is 9.72 Å². The highest BCUT2D eigenvalue weighted by atomic mass is 16.5. The summed E-state index contributed by atoms with van der Waals surface area (Å²) in [6.45, 7) is 7.38. The molecule has 41 heavy (non-hydrogen) atoms. The Morgan fingerprint density at radius 2 is 1.83 bits per heavy atom. The predicted molar refractivity (Wildman–Crippen MR) is 162 cm³/mol. The lowest BCUT2D eigenvalue weighted by Gasteiger charge is -2.32. The van der Waals surface area contributed by atoms with E-state index in [0.717, 1.165) is 60.7 Å². The second kappa shape index (κ2) is 11.5. The fourth-order valence-electron chi connectivity index (χ4n) is 5.18. The van der Waals surface area contributed by atoms with Crippen molar-refractivity contribution >= 4 is 22.6 Å². The van der Waals surface area contributed by atoms with Crippen molar-refractivity contribution in [2.45, 2.75) is 13.5 Å². The first-order valence-electron chi connectivity index (χ1n) is 13.9. The van der Waals surface area contributed by atoms with Crippen LogP contribution < -0.4 is 10.1 Å². The number of amides is 1. The van der Waals surface area contributed by atoms with Gasteiger partial charge in [-0.15, -0.1) is 0 Å². The number of anilines is 1. The number of carbonyl (C=O) groups excluding carboxylic acids is 1. The van der Waals surface area contributed by atoms with Crippen molar-refractivity contribution < 1.29 is 9.53 Å². The van der Waals surface area contributed by atoms with Gasteiger partial charge in [-0.25, -0.2) is 4.98 Å². The molecule has 4 heterocycles. The zero-order valence-corrected chi connectivity index (χ0v) is 23.7. The van der Waals surface area contributed by atoms with Crippen LogP contribution >= 0.6 is 0 Å². The van der Waals surface area contributed by atoms with Crippen molar-refractivity contribution in [3.05, 3.63) is 102 Å². The van der Waals surface area contributed by atoms with Crippen LogP contribution in [0.15, 0.2) is 85.3 Å². The molecule has 0 bridgehead atoms. The number of pyridine rings is 2. The number of rotatable bonds is 7. The summed E-state index contributed by atoms with van der Waals surface area (Å²) in [4.78, 5) is 27.1. The van der Waals surface area contributed by atoms with Gasteiger partial charge in [0.15, 0.2) is 0 Å². The van der Waals surface area contributed by atoms with E-state index in [9.17, 15) is 4.79 Å². The molecular weight excluding hydrogens is 512 g/mol. The molecule has 0 atom stereocenters. The topological polar surface area (TPSA) is 75.5 Å². The zero-order valence-electron chi connectivity index (χ0n) is 23.7. The number of fused-ring (bicyclic) bond motifs is 1. The van der Waals surface area contributed by atoms with Crippen LogP contribution in [0.4, 0.5) is 5.69 Å². The maximum atomic E-state index is 13.2. The smallest absolute Gasteiger partial charge is 0.255 e. The Morgan fingerprint density at radius 3 is 2.61 bits per heavy atom. The number of hydrogen-bond acceptors (Lipinski definition) is 6. The summed E-state index contributed by atoms with van der Waals surface area (Å²) < 4.78 is 8.32. The van der Waals surface area contributed by atoms with E-state index in [2.05, 4.69) is 40.1 Å². The number of piperazine rings is 1. The average molecular weight is 547 g/mol. The summed E-state index contributed by atoms with van der Waals surface area (Å²) in [6.07, 6.45) is 5.48. The lowest BCUT2D eigenvalue weighted by atomic mass is 10.1. The first kappa shape index (κ1) is 26.7. The van der Waals surface area contributed by atoms with Crippen molar-refractivity contribution in [1.82, 2.24) is 24.3 Å². The van der Waals surface area contributed by atoms with Crippen LogP contribution in [-0.2, 0) is 13.6 Å². The number of aryl methyl sites for hydroxylation is 2. The number of likely N-dealkylation sites (N-methyl/N-ethyl adjacent to an activating group) is 1. The first-order valence-corrected chi connectivity index (χ1v) is 13.9. The zero-order chi connectivity index (χ0) is 28.3. The van der Waals surface area contributed by atoms with Crippen LogP contribution in [0.3, 0.4) is 0 Å². The molecular formula is C33H34N6O2. The lowest BCUT2D eigenvalue weighted by molar-refractivity contribution is 0.102. The molecule has 0 spiro atoms. The SMILES string of the molecule is Cc1cc(NC(=O)c2cccc(Oc3cc(-c4cccnc4)nc4c3ccn4C)c2)ccc1CN1CCN(C)CC1. The Hall–Kier alpha value is -4.53. The average Bonchev–Trinajstić information content (AvgIpc) is 3.37. The molecule has 1 amide bonds. The predicted octanol–water partition coefficient (Wildman–Crippen LogP) is 5.74. The summed E-state index contributed by atoms with van der Waals surface area (Å²) >= 11 is 0. The van der Waals surface area contributed by atoms with Gasteiger partial charge in [0.25, 0.3) is 5.91 Å². The highest BCUT2D eigenvalue weighted by Gasteiger charge is 2.16. The largest absolute Gasteiger partial charge is 0.456 e. The Morgan fingerprint density at radius 1 is 0.976 bits per heavy atom. The second-order valence-electron chi connectivity index (χ2n) is 10.7. The summed E-state index contributed by atoms with van der Waals surface area (Å²) in [6, 6.07) is 21.2. The van der Waals surface area contributed by atoms with Gasteiger partial charge in [-0.05, 0) is 73.6 Å². The minimum atomic E-state index is -0.183. The molecule has 208 valence electrons. The molecule has 3 aromatic heterocycles. The molecule has 0 unspecified atom stereocenters. The summed E-state index contributed by atoms with van der Waals surface area (Å²) in [5.74, 6) is 1.06. The lowest BCUT2D eigenvalue weighted by Crippen LogP contribution is -2.43. The van der Waals surface area contributed by atoms with Gasteiger partial charge in [0, 0.05) is 81.2 Å². The van der Waals surface area contributed by atoms with Crippen molar-refractivity contribution in [3.8, 4) is 22.8 Å². The van der Waals surface area contributed by atoms with Gasteiger partial charge in [-0.2, -0.15) is 0 Å². The van der Waals surface area contributed by atoms with E-state index in [-0.39, 0.29) is 5.91 Å². The maximum Gasteiger partial charge on any atom is 0.255 e. The van der Waals surface area contributed by atoms with Gasteiger partial charge in [0.2, 0.25) is 0 Å². The highest BCUT2D eigenvalue weighted by molar-refractivity contribution is 6.04. The van der Waals surface area contributed by atoms with E-state index in [0.29, 0.717) is 17.1 Å². The van der Waals surface area contributed by atoms with E-state index < -0.39 is 0 Å². The summed E-state index contributed by atoms with van der Waals surface area (Å²) in [5.41, 5.74) is 6.24. The fourth-order valence-corrected chi connectivity index (χ4v) is 5.18. The fraction of sp³-hybridized carbons (Fsp3) is 0.242. The van der Waals surface area contributed by atoms with Gasteiger partial charge >= 0.3 is 0 Å². The quantitative estimate of drug-likeness (QED) is 0.281. The number of nitrogens with zero attached hydrogens (tertiary/aromatic N) is 5. The molecule has 8 nitrogen and oxygen atoms in total. The van der Waals surface area contributed by atoms with Crippen LogP contribution in [0.2, 0.25) is 0 Å². The first-order chi connectivity index (χ1) is 19.9. The molecule has 0 saturated carbocycles. The number of benzene rings is 2. The molecule has 0 aliphatic carbocycles. The molecule has 1 saturated heterocycles. The van der Waals surface area contributed by atoms with Crippen LogP contribution in [0.1, 0.15) is 21.5 Å². The van der Waals surface area contributed by atoms with Gasteiger partial charge in [-0.3, -0.25) is 14.7 Å². The molecule has 1 fully saturated rings. The van der Waals surface area contributed by atoms with Gasteiger partial charge < -0.3 is 19.5 Å². The Balaban J connectivity index is 1.18. The Labute approximate surface area is 240 Å². The van der Waals surface area contributed by atoms with Crippen LogP contribution in [0.5, 0.6) is 11.5 Å². The van der Waals surface area contributed by atoms with Crippen molar-refractivity contribution in [2.75, 3.05) is 38.5 Å². The molecule has 8 heteroatoms. The second-order valence-corrected chi connectivity index (χ2v) is 10.7. The van der Waals surface area contributed by atoms with E-state index >= 15 is 0 Å². The van der Waals surface area contributed by atoms with Crippen LogP contribution in [-0.4, -0.2) is 63.5 Å². The molecule has 6 rings (SSSR count). The molecule has 0 radical (unpaired) electrons. The monoisotopic (exact) mass is 546 g/mol. The molecule has 5 aromatic rings. The molecule has 1 aliphatic heterocycles. The van der Waals surface area contributed by atoms with Gasteiger partial charge in [0.1, 0.15) is 17.1 Å². The minimum absolute atomic E-state index is 0.183. The molecule has 2 aromatic carbocycles. The van der Waals surface area contributed by atoms with Gasteiger partial charge in [-0.1, -0.05) is 12.1 Å².